The van der Waals surface area contributed by atoms with Crippen molar-refractivity contribution in [2.45, 2.75) is 19.8 Å². The molecule has 2 rings (SSSR count). The van der Waals surface area contributed by atoms with Crippen LogP contribution in [0.3, 0.4) is 0 Å². The number of hydrogen-bond donors (Lipinski definition) is 1. The molecule has 0 saturated heterocycles. The van der Waals surface area contributed by atoms with Crippen molar-refractivity contribution in [3.8, 4) is 5.75 Å². The number of ether oxygens (including phenoxy) is 1. The van der Waals surface area contributed by atoms with Crippen LogP contribution < -0.4 is 10.1 Å². The van der Waals surface area contributed by atoms with Crippen LogP contribution in [-0.2, 0) is 6.42 Å². The summed E-state index contributed by atoms with van der Waals surface area (Å²) in [5, 5.41) is 3.70. The van der Waals surface area contributed by atoms with Gasteiger partial charge in [-0.2, -0.15) is 0 Å². The third kappa shape index (κ3) is 5.74. The van der Waals surface area contributed by atoms with E-state index in [0.717, 1.165) is 29.0 Å². The fourth-order valence-corrected chi connectivity index (χ4v) is 2.45. The lowest BCUT2D eigenvalue weighted by atomic mass is 10.1. The van der Waals surface area contributed by atoms with E-state index in [1.54, 1.807) is 12.1 Å². The van der Waals surface area contributed by atoms with Gasteiger partial charge < -0.3 is 10.1 Å². The summed E-state index contributed by atoms with van der Waals surface area (Å²) in [5.74, 6) is 0.566. The lowest BCUT2D eigenvalue weighted by Crippen LogP contribution is -2.24. The van der Waals surface area contributed by atoms with Gasteiger partial charge in [0.2, 0.25) is 0 Å². The predicted octanol–water partition coefficient (Wildman–Crippen LogP) is 4.66. The summed E-state index contributed by atoms with van der Waals surface area (Å²) >= 11 is 6.12. The highest BCUT2D eigenvalue weighted by molar-refractivity contribution is 6.31. The molecule has 4 heteroatoms. The molecule has 1 N–H and O–H groups in total. The summed E-state index contributed by atoms with van der Waals surface area (Å²) in [5.41, 5.74) is 2.62. The summed E-state index contributed by atoms with van der Waals surface area (Å²) in [6.07, 6.45) is 1.67. The van der Waals surface area contributed by atoms with Gasteiger partial charge in [0.25, 0.3) is 5.91 Å². The van der Waals surface area contributed by atoms with Crippen LogP contribution in [0.25, 0.3) is 0 Å². The van der Waals surface area contributed by atoms with E-state index in [-0.39, 0.29) is 5.91 Å². The van der Waals surface area contributed by atoms with E-state index < -0.39 is 0 Å². The molecule has 0 aliphatic heterocycles. The van der Waals surface area contributed by atoms with Crippen LogP contribution in [0.1, 0.15) is 29.3 Å². The van der Waals surface area contributed by atoms with Crippen molar-refractivity contribution in [1.82, 2.24) is 5.32 Å². The lowest BCUT2D eigenvalue weighted by Gasteiger charge is -2.09. The zero-order valence-electron chi connectivity index (χ0n) is 13.8. The van der Waals surface area contributed by atoms with E-state index in [1.807, 2.05) is 43.3 Å². The number of rotatable bonds is 8. The molecule has 24 heavy (non-hydrogen) atoms. The molecule has 0 spiro atoms. The standard InChI is InChI=1S/C20H22ClNO2/c1-15(2)14-24-18-10-5-8-17(13-18)20(23)22-12-6-9-16-7-3-4-11-19(16)21/h3-5,7-8,10-11,13H,1,6,9,12,14H2,2H3,(H,22,23). The average molecular weight is 344 g/mol. The summed E-state index contributed by atoms with van der Waals surface area (Å²) in [7, 11) is 0. The number of carbonyl (C=O) groups is 1. The van der Waals surface area contributed by atoms with Crippen LogP contribution in [0, 0.1) is 0 Å². The largest absolute Gasteiger partial charge is 0.489 e. The van der Waals surface area contributed by atoms with Crippen LogP contribution in [0.4, 0.5) is 0 Å². The van der Waals surface area contributed by atoms with Gasteiger partial charge in [-0.3, -0.25) is 4.79 Å². The molecule has 2 aromatic carbocycles. The van der Waals surface area contributed by atoms with Gasteiger partial charge in [0, 0.05) is 17.1 Å². The highest BCUT2D eigenvalue weighted by atomic mass is 35.5. The highest BCUT2D eigenvalue weighted by Crippen LogP contribution is 2.16. The molecule has 0 fully saturated rings. The van der Waals surface area contributed by atoms with Crippen molar-refractivity contribution in [1.29, 1.82) is 0 Å². The maximum atomic E-state index is 12.2. The second kappa shape index (κ2) is 9.14. The number of aryl methyl sites for hydroxylation is 1. The highest BCUT2D eigenvalue weighted by Gasteiger charge is 2.06. The molecule has 0 bridgehead atoms. The quantitative estimate of drug-likeness (QED) is 0.559. The predicted molar refractivity (Wildman–Crippen MR) is 98.9 cm³/mol. The van der Waals surface area contributed by atoms with E-state index >= 15 is 0 Å². The molecular weight excluding hydrogens is 322 g/mol. The lowest BCUT2D eigenvalue weighted by molar-refractivity contribution is 0.0953. The summed E-state index contributed by atoms with van der Waals surface area (Å²) in [4.78, 5) is 12.2. The summed E-state index contributed by atoms with van der Waals surface area (Å²) < 4.78 is 5.56. The number of nitrogens with one attached hydrogen (secondary N) is 1. The van der Waals surface area contributed by atoms with Gasteiger partial charge in [0.1, 0.15) is 12.4 Å². The first-order valence-corrected chi connectivity index (χ1v) is 8.33. The molecule has 126 valence electrons. The minimum atomic E-state index is -0.102. The summed E-state index contributed by atoms with van der Waals surface area (Å²) in [6, 6.07) is 14.9. The van der Waals surface area contributed by atoms with E-state index in [2.05, 4.69) is 11.9 Å². The van der Waals surface area contributed by atoms with Crippen molar-refractivity contribution < 1.29 is 9.53 Å². The Hall–Kier alpha value is -2.26. The fraction of sp³-hybridized carbons (Fsp3) is 0.250. The van der Waals surface area contributed by atoms with Crippen LogP contribution in [-0.4, -0.2) is 19.1 Å². The van der Waals surface area contributed by atoms with Crippen LogP contribution in [0.5, 0.6) is 5.75 Å². The van der Waals surface area contributed by atoms with Gasteiger partial charge in [-0.15, -0.1) is 0 Å². The molecular formula is C20H22ClNO2. The Morgan fingerprint density at radius 1 is 1.21 bits per heavy atom. The third-order valence-corrected chi connectivity index (χ3v) is 3.82. The molecule has 0 saturated carbocycles. The second-order valence-corrected chi connectivity index (χ2v) is 6.13. The van der Waals surface area contributed by atoms with Gasteiger partial charge >= 0.3 is 0 Å². The maximum absolute atomic E-state index is 12.2. The molecule has 0 aromatic heterocycles. The number of halogens is 1. The minimum Gasteiger partial charge on any atom is -0.489 e. The molecule has 2 aromatic rings. The zero-order valence-corrected chi connectivity index (χ0v) is 14.6. The molecule has 0 atom stereocenters. The number of hydrogen-bond acceptors (Lipinski definition) is 2. The summed E-state index contributed by atoms with van der Waals surface area (Å²) in [6.45, 7) is 6.74. The monoisotopic (exact) mass is 343 g/mol. The Morgan fingerprint density at radius 3 is 2.75 bits per heavy atom. The Labute approximate surface area is 148 Å². The molecule has 0 heterocycles. The van der Waals surface area contributed by atoms with E-state index in [1.165, 1.54) is 0 Å². The molecule has 0 radical (unpaired) electrons. The van der Waals surface area contributed by atoms with Crippen LogP contribution in [0.2, 0.25) is 5.02 Å². The molecule has 0 aliphatic carbocycles. The molecule has 0 unspecified atom stereocenters. The zero-order chi connectivity index (χ0) is 17.4. The van der Waals surface area contributed by atoms with Crippen molar-refractivity contribution in [2.75, 3.05) is 13.2 Å². The smallest absolute Gasteiger partial charge is 0.251 e. The van der Waals surface area contributed by atoms with Crippen LogP contribution >= 0.6 is 11.6 Å². The Balaban J connectivity index is 1.81. The second-order valence-electron chi connectivity index (χ2n) is 5.72. The number of amides is 1. The van der Waals surface area contributed by atoms with Crippen molar-refractivity contribution in [3.05, 3.63) is 76.8 Å². The first-order chi connectivity index (χ1) is 11.6. The van der Waals surface area contributed by atoms with Gasteiger partial charge in [-0.05, 0) is 55.2 Å². The number of benzene rings is 2. The third-order valence-electron chi connectivity index (χ3n) is 3.45. The van der Waals surface area contributed by atoms with Gasteiger partial charge in [-0.25, -0.2) is 0 Å². The topological polar surface area (TPSA) is 38.3 Å². The Bertz CT molecular complexity index is 712. The first kappa shape index (κ1) is 18.1. The fourth-order valence-electron chi connectivity index (χ4n) is 2.22. The van der Waals surface area contributed by atoms with Crippen molar-refractivity contribution in [3.63, 3.8) is 0 Å². The van der Waals surface area contributed by atoms with E-state index in [0.29, 0.717) is 24.5 Å². The van der Waals surface area contributed by atoms with E-state index in [9.17, 15) is 4.79 Å². The Kier molecular flexibility index (Phi) is 6.89. The van der Waals surface area contributed by atoms with Gasteiger partial charge in [0.05, 0.1) is 0 Å². The maximum Gasteiger partial charge on any atom is 0.251 e. The van der Waals surface area contributed by atoms with Crippen molar-refractivity contribution in [2.24, 2.45) is 0 Å². The van der Waals surface area contributed by atoms with Crippen LogP contribution in [0.15, 0.2) is 60.7 Å². The minimum absolute atomic E-state index is 0.102. The SMILES string of the molecule is C=C(C)COc1cccc(C(=O)NCCCc2ccccc2Cl)c1. The number of carbonyl (C=O) groups excluding carboxylic acids is 1. The molecule has 3 nitrogen and oxygen atoms in total. The Morgan fingerprint density at radius 2 is 2.00 bits per heavy atom. The first-order valence-electron chi connectivity index (χ1n) is 7.95. The van der Waals surface area contributed by atoms with Gasteiger partial charge in [0.15, 0.2) is 0 Å². The van der Waals surface area contributed by atoms with Gasteiger partial charge in [-0.1, -0.05) is 42.4 Å². The van der Waals surface area contributed by atoms with Crippen molar-refractivity contribution >= 4 is 17.5 Å². The molecule has 1 amide bonds. The molecule has 0 aliphatic rings. The average Bonchev–Trinajstić information content (AvgIpc) is 2.58. The normalized spacial score (nSPS) is 10.2. The van der Waals surface area contributed by atoms with E-state index in [4.69, 9.17) is 16.3 Å².